The SMILES string of the molecule is NC(=O)c1nc(-c2cccc(C(F)(F)F)c2)nc2c1[nH]c(=O)n2-c1ccccc1F. The Labute approximate surface area is 164 Å². The molecule has 7 nitrogen and oxygen atoms in total. The zero-order chi connectivity index (χ0) is 21.6. The fourth-order valence-electron chi connectivity index (χ4n) is 2.98. The number of hydrogen-bond acceptors (Lipinski definition) is 4. The van der Waals surface area contributed by atoms with E-state index >= 15 is 0 Å². The highest BCUT2D eigenvalue weighted by atomic mass is 19.4. The number of imidazole rings is 1. The highest BCUT2D eigenvalue weighted by Crippen LogP contribution is 2.32. The molecule has 0 bridgehead atoms. The van der Waals surface area contributed by atoms with E-state index < -0.39 is 34.8 Å². The molecule has 0 fully saturated rings. The standard InChI is InChI=1S/C19H11F4N5O2/c20-11-6-1-2-7-12(11)28-17-14(26-18(28)30)13(15(24)29)25-16(27-17)9-4-3-5-10(8-9)19(21,22)23/h1-8H,(H2,24,29)(H,26,30). The molecule has 0 saturated heterocycles. The van der Waals surface area contributed by atoms with Crippen molar-refractivity contribution in [3.05, 3.63) is 76.1 Å². The van der Waals surface area contributed by atoms with E-state index in [1.165, 1.54) is 24.3 Å². The summed E-state index contributed by atoms with van der Waals surface area (Å²) in [5.41, 5.74) is 2.54. The molecule has 0 saturated carbocycles. The third kappa shape index (κ3) is 3.19. The lowest BCUT2D eigenvalue weighted by atomic mass is 10.1. The molecule has 0 aliphatic carbocycles. The monoisotopic (exact) mass is 417 g/mol. The maximum atomic E-state index is 14.3. The topological polar surface area (TPSA) is 107 Å². The Balaban J connectivity index is 2.05. The molecule has 30 heavy (non-hydrogen) atoms. The number of carbonyl (C=O) groups is 1. The van der Waals surface area contributed by atoms with Crippen LogP contribution in [-0.2, 0) is 6.18 Å². The second-order valence-electron chi connectivity index (χ2n) is 6.25. The van der Waals surface area contributed by atoms with Gasteiger partial charge in [-0.05, 0) is 24.3 Å². The number of amides is 1. The number of nitrogens with two attached hydrogens (primary N) is 1. The van der Waals surface area contributed by atoms with Crippen molar-refractivity contribution in [3.63, 3.8) is 0 Å². The maximum Gasteiger partial charge on any atom is 0.416 e. The van der Waals surface area contributed by atoms with Gasteiger partial charge in [0, 0.05) is 5.56 Å². The maximum absolute atomic E-state index is 14.3. The van der Waals surface area contributed by atoms with Crippen LogP contribution in [0, 0.1) is 5.82 Å². The van der Waals surface area contributed by atoms with Gasteiger partial charge in [-0.15, -0.1) is 0 Å². The van der Waals surface area contributed by atoms with Crippen molar-refractivity contribution in [1.29, 1.82) is 0 Å². The second-order valence-corrected chi connectivity index (χ2v) is 6.25. The third-order valence-corrected chi connectivity index (χ3v) is 4.31. The van der Waals surface area contributed by atoms with Gasteiger partial charge in [-0.2, -0.15) is 13.2 Å². The lowest BCUT2D eigenvalue weighted by Crippen LogP contribution is -2.16. The molecule has 11 heteroatoms. The number of alkyl halides is 3. The first-order valence-corrected chi connectivity index (χ1v) is 8.42. The van der Waals surface area contributed by atoms with Crippen molar-refractivity contribution in [2.24, 2.45) is 5.73 Å². The van der Waals surface area contributed by atoms with Crippen LogP contribution >= 0.6 is 0 Å². The summed E-state index contributed by atoms with van der Waals surface area (Å²) in [4.78, 5) is 34.8. The van der Waals surface area contributed by atoms with Crippen LogP contribution in [0.5, 0.6) is 0 Å². The zero-order valence-electron chi connectivity index (χ0n) is 14.9. The first-order valence-electron chi connectivity index (χ1n) is 8.42. The number of fused-ring (bicyclic) bond motifs is 1. The van der Waals surface area contributed by atoms with E-state index in [2.05, 4.69) is 15.0 Å². The summed E-state index contributed by atoms with van der Waals surface area (Å²) in [6, 6.07) is 9.43. The molecule has 0 unspecified atom stereocenters. The quantitative estimate of drug-likeness (QED) is 0.500. The highest BCUT2D eigenvalue weighted by molar-refractivity contribution is 6.02. The number of halogens is 4. The van der Waals surface area contributed by atoms with Crippen LogP contribution in [-0.4, -0.2) is 25.4 Å². The molecule has 0 aliphatic rings. The minimum atomic E-state index is -4.62. The average Bonchev–Trinajstić information content (AvgIpc) is 3.02. The minimum Gasteiger partial charge on any atom is -0.364 e. The molecule has 1 amide bonds. The van der Waals surface area contributed by atoms with E-state index in [4.69, 9.17) is 5.73 Å². The summed E-state index contributed by atoms with van der Waals surface area (Å²) in [5.74, 6) is -2.08. The Morgan fingerprint density at radius 3 is 2.47 bits per heavy atom. The van der Waals surface area contributed by atoms with Crippen LogP contribution in [0.4, 0.5) is 17.6 Å². The number of nitrogens with zero attached hydrogens (tertiary/aromatic N) is 3. The number of H-pyrrole nitrogens is 1. The fraction of sp³-hybridized carbons (Fsp3) is 0.0526. The third-order valence-electron chi connectivity index (χ3n) is 4.31. The molecule has 3 N–H and O–H groups in total. The predicted molar refractivity (Wildman–Crippen MR) is 98.4 cm³/mol. The normalized spacial score (nSPS) is 11.7. The first kappa shape index (κ1) is 19.3. The fourth-order valence-corrected chi connectivity index (χ4v) is 2.98. The van der Waals surface area contributed by atoms with Gasteiger partial charge < -0.3 is 10.7 Å². The summed E-state index contributed by atoms with van der Waals surface area (Å²) < 4.78 is 54.4. The average molecular weight is 417 g/mol. The molecular formula is C19H11F4N5O2. The first-order chi connectivity index (χ1) is 14.2. The molecule has 2 heterocycles. The molecule has 0 spiro atoms. The van der Waals surface area contributed by atoms with Crippen molar-refractivity contribution in [2.75, 3.05) is 0 Å². The van der Waals surface area contributed by atoms with E-state index in [1.54, 1.807) is 0 Å². The largest absolute Gasteiger partial charge is 0.416 e. The summed E-state index contributed by atoms with van der Waals surface area (Å²) in [5, 5.41) is 0. The number of benzene rings is 2. The van der Waals surface area contributed by atoms with Crippen molar-refractivity contribution in [3.8, 4) is 17.1 Å². The minimum absolute atomic E-state index is 0.0667. The van der Waals surface area contributed by atoms with Crippen LogP contribution in [0.25, 0.3) is 28.2 Å². The van der Waals surface area contributed by atoms with Gasteiger partial charge in [0.25, 0.3) is 5.91 Å². The molecule has 0 atom stereocenters. The van der Waals surface area contributed by atoms with Gasteiger partial charge in [0.1, 0.15) is 11.3 Å². The van der Waals surface area contributed by atoms with Crippen LogP contribution in [0.2, 0.25) is 0 Å². The van der Waals surface area contributed by atoms with Crippen LogP contribution in [0.3, 0.4) is 0 Å². The molecule has 4 aromatic rings. The van der Waals surface area contributed by atoms with Crippen LogP contribution in [0.1, 0.15) is 16.1 Å². The highest BCUT2D eigenvalue weighted by Gasteiger charge is 2.31. The zero-order valence-corrected chi connectivity index (χ0v) is 14.9. The van der Waals surface area contributed by atoms with E-state index in [9.17, 15) is 27.2 Å². The Morgan fingerprint density at radius 2 is 1.80 bits per heavy atom. The van der Waals surface area contributed by atoms with Gasteiger partial charge in [-0.1, -0.05) is 24.3 Å². The van der Waals surface area contributed by atoms with Crippen molar-refractivity contribution < 1.29 is 22.4 Å². The van der Waals surface area contributed by atoms with Gasteiger partial charge in [0.05, 0.1) is 11.3 Å². The Morgan fingerprint density at radius 1 is 1.07 bits per heavy atom. The lowest BCUT2D eigenvalue weighted by Gasteiger charge is -2.10. The Hall–Kier alpha value is -4.02. The molecule has 0 aliphatic heterocycles. The van der Waals surface area contributed by atoms with Gasteiger partial charge in [0.15, 0.2) is 17.2 Å². The van der Waals surface area contributed by atoms with Gasteiger partial charge in [-0.3, -0.25) is 4.79 Å². The molecule has 152 valence electrons. The predicted octanol–water partition coefficient (Wildman–Crippen LogP) is 3.03. The lowest BCUT2D eigenvalue weighted by molar-refractivity contribution is -0.137. The number of rotatable bonds is 3. The van der Waals surface area contributed by atoms with Crippen molar-refractivity contribution in [2.45, 2.75) is 6.18 Å². The van der Waals surface area contributed by atoms with E-state index in [0.29, 0.717) is 0 Å². The Kier molecular flexibility index (Phi) is 4.37. The number of nitrogens with one attached hydrogen (secondary N) is 1. The number of para-hydroxylation sites is 1. The van der Waals surface area contributed by atoms with E-state index in [-0.39, 0.29) is 28.2 Å². The Bertz CT molecular complexity index is 1360. The molecule has 2 aromatic carbocycles. The molecule has 0 radical (unpaired) electrons. The summed E-state index contributed by atoms with van der Waals surface area (Å²) in [6.45, 7) is 0. The molecule has 2 aromatic heterocycles. The number of aromatic nitrogens is 4. The summed E-state index contributed by atoms with van der Waals surface area (Å²) in [6.07, 6.45) is -4.62. The van der Waals surface area contributed by atoms with Crippen molar-refractivity contribution >= 4 is 17.1 Å². The second kappa shape index (κ2) is 6.79. The van der Waals surface area contributed by atoms with Gasteiger partial charge >= 0.3 is 11.9 Å². The van der Waals surface area contributed by atoms with Gasteiger partial charge in [0.2, 0.25) is 0 Å². The van der Waals surface area contributed by atoms with E-state index in [1.807, 2.05) is 0 Å². The van der Waals surface area contributed by atoms with Crippen LogP contribution < -0.4 is 11.4 Å². The van der Waals surface area contributed by atoms with Crippen molar-refractivity contribution in [1.82, 2.24) is 19.5 Å². The number of hydrogen-bond donors (Lipinski definition) is 2. The van der Waals surface area contributed by atoms with Gasteiger partial charge in [-0.25, -0.2) is 23.7 Å². The number of carbonyl (C=O) groups excluding carboxylic acids is 1. The smallest absolute Gasteiger partial charge is 0.364 e. The molecular weight excluding hydrogens is 406 g/mol. The molecule has 4 rings (SSSR count). The number of aromatic amines is 1. The summed E-state index contributed by atoms with van der Waals surface area (Å²) in [7, 11) is 0. The van der Waals surface area contributed by atoms with Crippen LogP contribution in [0.15, 0.2) is 53.3 Å². The van der Waals surface area contributed by atoms with E-state index in [0.717, 1.165) is 28.8 Å². The number of primary amides is 1. The summed E-state index contributed by atoms with van der Waals surface area (Å²) >= 11 is 0.